The lowest BCUT2D eigenvalue weighted by Crippen LogP contribution is -2.55. The highest BCUT2D eigenvalue weighted by Gasteiger charge is 2.36. The van der Waals surface area contributed by atoms with Crippen molar-refractivity contribution >= 4 is 39.1 Å². The lowest BCUT2D eigenvalue weighted by Gasteiger charge is -2.34. The van der Waals surface area contributed by atoms with E-state index >= 15 is 0 Å². The van der Waals surface area contributed by atoms with Crippen LogP contribution in [0.2, 0.25) is 5.02 Å². The number of nitrogens with one attached hydrogen (secondary N) is 1. The smallest absolute Gasteiger partial charge is 0.350 e. The van der Waals surface area contributed by atoms with E-state index in [1.807, 2.05) is 19.1 Å². The molecule has 2 aromatic carbocycles. The first-order valence-corrected chi connectivity index (χ1v) is 14.1. The van der Waals surface area contributed by atoms with Crippen LogP contribution in [0.4, 0.5) is 18.9 Å². The predicted molar refractivity (Wildman–Crippen MR) is 142 cm³/mol. The first kappa shape index (κ1) is 31.4. The summed E-state index contributed by atoms with van der Waals surface area (Å²) < 4.78 is 66.3. The van der Waals surface area contributed by atoms with E-state index in [4.69, 9.17) is 11.6 Å². The Kier molecular flexibility index (Phi) is 9.88. The molecule has 0 aliphatic carbocycles. The van der Waals surface area contributed by atoms with E-state index < -0.39 is 56.7 Å². The molecule has 0 aliphatic rings. The number of carbonyl (C=O) groups is 2. The zero-order chi connectivity index (χ0) is 29.1. The number of nitrogens with zero attached hydrogens (tertiary/aromatic N) is 2. The highest BCUT2D eigenvalue weighted by atomic mass is 35.5. The molecule has 0 spiro atoms. The van der Waals surface area contributed by atoms with Crippen molar-refractivity contribution in [3.63, 3.8) is 0 Å². The van der Waals surface area contributed by atoms with E-state index in [9.17, 15) is 31.2 Å². The standard InChI is InChI=1S/C26H33ClF3N3O4S/c1-7-22(24(35)31-25(3,4)5)32(15-18-10-8-9-17(2)13-18)23(34)16-33(38(6,36)37)19-11-12-21(27)20(14-19)26(28,29)30/h8-14,22H,7,15-16H2,1-6H3,(H,31,35)/t22-/m0/s1. The second kappa shape index (κ2) is 11.9. The number of benzene rings is 2. The Bertz CT molecular complexity index is 1280. The van der Waals surface area contributed by atoms with Crippen LogP contribution in [0.1, 0.15) is 50.8 Å². The molecule has 1 N–H and O–H groups in total. The van der Waals surface area contributed by atoms with E-state index in [1.165, 1.54) is 4.90 Å². The molecule has 38 heavy (non-hydrogen) atoms. The molecule has 210 valence electrons. The van der Waals surface area contributed by atoms with Crippen LogP contribution in [0.15, 0.2) is 42.5 Å². The van der Waals surface area contributed by atoms with E-state index in [0.717, 1.165) is 24.0 Å². The van der Waals surface area contributed by atoms with Crippen LogP contribution in [0.5, 0.6) is 0 Å². The highest BCUT2D eigenvalue weighted by Crippen LogP contribution is 2.37. The molecule has 0 aliphatic heterocycles. The third-order valence-corrected chi connectivity index (χ3v) is 7.01. The van der Waals surface area contributed by atoms with Gasteiger partial charge < -0.3 is 10.2 Å². The predicted octanol–water partition coefficient (Wildman–Crippen LogP) is 5.16. The first-order chi connectivity index (χ1) is 17.3. The molecule has 7 nitrogen and oxygen atoms in total. The van der Waals surface area contributed by atoms with Gasteiger partial charge in [-0.05, 0) is 57.9 Å². The maximum atomic E-state index is 13.7. The fourth-order valence-electron chi connectivity index (χ4n) is 3.88. The summed E-state index contributed by atoms with van der Waals surface area (Å²) in [5, 5.41) is 2.24. The van der Waals surface area contributed by atoms with Crippen LogP contribution in [0.3, 0.4) is 0 Å². The van der Waals surface area contributed by atoms with Gasteiger partial charge in [0.15, 0.2) is 0 Å². The van der Waals surface area contributed by atoms with Gasteiger partial charge in [-0.2, -0.15) is 13.2 Å². The normalized spacial score (nSPS) is 13.1. The fourth-order valence-corrected chi connectivity index (χ4v) is 4.95. The van der Waals surface area contributed by atoms with Crippen molar-refractivity contribution in [3.05, 3.63) is 64.2 Å². The van der Waals surface area contributed by atoms with Crippen molar-refractivity contribution in [2.45, 2.75) is 65.3 Å². The molecule has 2 amide bonds. The van der Waals surface area contributed by atoms with Gasteiger partial charge in [0.2, 0.25) is 21.8 Å². The minimum Gasteiger partial charge on any atom is -0.350 e. The van der Waals surface area contributed by atoms with Gasteiger partial charge in [0, 0.05) is 12.1 Å². The van der Waals surface area contributed by atoms with Crippen LogP contribution in [0, 0.1) is 6.92 Å². The fraction of sp³-hybridized carbons (Fsp3) is 0.462. The van der Waals surface area contributed by atoms with E-state index in [1.54, 1.807) is 39.8 Å². The zero-order valence-electron chi connectivity index (χ0n) is 22.2. The number of anilines is 1. The molecule has 0 fully saturated rings. The largest absolute Gasteiger partial charge is 0.417 e. The molecule has 0 radical (unpaired) electrons. The number of amides is 2. The third kappa shape index (κ3) is 8.62. The minimum absolute atomic E-state index is 0.0113. The first-order valence-electron chi connectivity index (χ1n) is 11.8. The molecule has 0 unspecified atom stereocenters. The van der Waals surface area contributed by atoms with Gasteiger partial charge in [-0.3, -0.25) is 13.9 Å². The molecule has 2 rings (SSSR count). The summed E-state index contributed by atoms with van der Waals surface area (Å²) in [6.07, 6.45) is -3.83. The average Bonchev–Trinajstić information content (AvgIpc) is 2.75. The Morgan fingerprint density at radius 3 is 2.21 bits per heavy atom. The summed E-state index contributed by atoms with van der Waals surface area (Å²) in [6.45, 7) is 8.11. The number of aryl methyl sites for hydroxylation is 1. The monoisotopic (exact) mass is 575 g/mol. The maximum absolute atomic E-state index is 13.7. The van der Waals surface area contributed by atoms with Crippen LogP contribution in [-0.4, -0.2) is 49.5 Å². The van der Waals surface area contributed by atoms with Gasteiger partial charge in [0.1, 0.15) is 12.6 Å². The highest BCUT2D eigenvalue weighted by molar-refractivity contribution is 7.92. The molecule has 0 heterocycles. The molecule has 0 bridgehead atoms. The Morgan fingerprint density at radius 1 is 1.08 bits per heavy atom. The molecular weight excluding hydrogens is 543 g/mol. The Labute approximate surface area is 227 Å². The maximum Gasteiger partial charge on any atom is 0.417 e. The van der Waals surface area contributed by atoms with Gasteiger partial charge >= 0.3 is 6.18 Å². The Morgan fingerprint density at radius 2 is 1.71 bits per heavy atom. The third-order valence-electron chi connectivity index (χ3n) is 5.54. The van der Waals surface area contributed by atoms with Crippen molar-refractivity contribution in [3.8, 4) is 0 Å². The summed E-state index contributed by atoms with van der Waals surface area (Å²) in [6, 6.07) is 8.91. The SMILES string of the molecule is CC[C@@H](C(=O)NC(C)(C)C)N(Cc1cccc(C)c1)C(=O)CN(c1ccc(Cl)c(C(F)(F)F)c1)S(C)(=O)=O. The molecule has 0 saturated heterocycles. The van der Waals surface area contributed by atoms with Crippen molar-refractivity contribution in [2.75, 3.05) is 17.1 Å². The van der Waals surface area contributed by atoms with Crippen molar-refractivity contribution in [1.82, 2.24) is 10.2 Å². The molecule has 0 aromatic heterocycles. The minimum atomic E-state index is -4.84. The zero-order valence-corrected chi connectivity index (χ0v) is 23.8. The number of alkyl halides is 3. The number of halogens is 4. The van der Waals surface area contributed by atoms with Gasteiger partial charge in [0.05, 0.1) is 22.5 Å². The summed E-state index contributed by atoms with van der Waals surface area (Å²) in [5.74, 6) is -1.19. The van der Waals surface area contributed by atoms with Crippen molar-refractivity contribution in [1.29, 1.82) is 0 Å². The van der Waals surface area contributed by atoms with Crippen LogP contribution in [0.25, 0.3) is 0 Å². The lowest BCUT2D eigenvalue weighted by atomic mass is 10.0. The molecular formula is C26H33ClF3N3O4S. The second-order valence-corrected chi connectivity index (χ2v) is 12.4. The Balaban J connectivity index is 2.55. The van der Waals surface area contributed by atoms with Gasteiger partial charge in [-0.15, -0.1) is 0 Å². The number of hydrogen-bond acceptors (Lipinski definition) is 4. The van der Waals surface area contributed by atoms with Gasteiger partial charge in [0.25, 0.3) is 0 Å². The van der Waals surface area contributed by atoms with Crippen LogP contribution >= 0.6 is 11.6 Å². The number of rotatable bonds is 9. The van der Waals surface area contributed by atoms with E-state index in [2.05, 4.69) is 5.32 Å². The number of carbonyl (C=O) groups excluding carboxylic acids is 2. The van der Waals surface area contributed by atoms with E-state index in [-0.39, 0.29) is 18.7 Å². The average molecular weight is 576 g/mol. The number of hydrogen-bond donors (Lipinski definition) is 1. The topological polar surface area (TPSA) is 86.8 Å². The van der Waals surface area contributed by atoms with Crippen LogP contribution in [-0.2, 0) is 32.3 Å². The lowest BCUT2D eigenvalue weighted by molar-refractivity contribution is -0.141. The molecule has 12 heteroatoms. The Hall–Kier alpha value is -2.79. The number of sulfonamides is 1. The molecule has 0 saturated carbocycles. The van der Waals surface area contributed by atoms with Crippen molar-refractivity contribution < 1.29 is 31.2 Å². The van der Waals surface area contributed by atoms with E-state index in [0.29, 0.717) is 15.9 Å². The second-order valence-electron chi connectivity index (χ2n) is 10.1. The summed E-state index contributed by atoms with van der Waals surface area (Å²) >= 11 is 5.70. The molecule has 2 aromatic rings. The quantitative estimate of drug-likeness (QED) is 0.448. The van der Waals surface area contributed by atoms with Gasteiger partial charge in [-0.25, -0.2) is 8.42 Å². The van der Waals surface area contributed by atoms with Crippen molar-refractivity contribution in [2.24, 2.45) is 0 Å². The van der Waals surface area contributed by atoms with Gasteiger partial charge in [-0.1, -0.05) is 48.4 Å². The summed E-state index contributed by atoms with van der Waals surface area (Å²) in [4.78, 5) is 28.1. The molecule has 1 atom stereocenters. The van der Waals surface area contributed by atoms with Crippen LogP contribution < -0.4 is 9.62 Å². The summed E-state index contributed by atoms with van der Waals surface area (Å²) in [7, 11) is -4.21. The summed E-state index contributed by atoms with van der Waals surface area (Å²) in [5.41, 5.74) is -0.581.